The summed E-state index contributed by atoms with van der Waals surface area (Å²) < 4.78 is 0. The highest BCUT2D eigenvalue weighted by Gasteiger charge is 2.15. The number of carboxylic acid groups (broad SMARTS) is 1. The number of hydrogen-bond donors (Lipinski definition) is 3. The van der Waals surface area contributed by atoms with Gasteiger partial charge in [0, 0.05) is 34.5 Å². The average molecular weight is 319 g/mol. The zero-order valence-electron chi connectivity index (χ0n) is 12.7. The minimum absolute atomic E-state index is 0.116. The summed E-state index contributed by atoms with van der Waals surface area (Å²) in [5.41, 5.74) is 3.21. The minimum atomic E-state index is -1.01. The maximum Gasteiger partial charge on any atom is 0.352 e. The quantitative estimate of drug-likeness (QED) is 0.535. The second kappa shape index (κ2) is 5.31. The Hall–Kier alpha value is -3.48. The molecule has 7 nitrogen and oxygen atoms in total. The summed E-state index contributed by atoms with van der Waals surface area (Å²) in [6, 6.07) is 7.12. The first-order valence-electron chi connectivity index (χ1n) is 7.31. The van der Waals surface area contributed by atoms with Gasteiger partial charge in [0.05, 0.1) is 17.2 Å². The van der Waals surface area contributed by atoms with Crippen LogP contribution in [0, 0.1) is 6.92 Å². The van der Waals surface area contributed by atoms with Crippen LogP contribution in [0.25, 0.3) is 21.8 Å². The fourth-order valence-electron chi connectivity index (χ4n) is 2.69. The highest BCUT2D eigenvalue weighted by atomic mass is 16.4. The van der Waals surface area contributed by atoms with Crippen LogP contribution in [0.4, 0.5) is 11.5 Å². The van der Waals surface area contributed by atoms with Crippen LogP contribution in [-0.4, -0.2) is 31.0 Å². The molecule has 7 heteroatoms. The van der Waals surface area contributed by atoms with E-state index < -0.39 is 5.97 Å². The average Bonchev–Trinajstić information content (AvgIpc) is 3.01. The third kappa shape index (κ3) is 2.32. The molecule has 0 aliphatic heterocycles. The number of aromatic carboxylic acids is 1. The number of aromatic amines is 1. The van der Waals surface area contributed by atoms with Crippen molar-refractivity contribution in [1.29, 1.82) is 0 Å². The molecule has 0 atom stereocenters. The van der Waals surface area contributed by atoms with Crippen LogP contribution in [0.15, 0.2) is 42.9 Å². The van der Waals surface area contributed by atoms with E-state index >= 15 is 0 Å². The molecular formula is C17H13N5O2. The molecule has 0 aromatic carbocycles. The fraction of sp³-hybridized carbons (Fsp3) is 0.0588. The number of H-pyrrole nitrogens is 1. The Morgan fingerprint density at radius 2 is 2.08 bits per heavy atom. The zero-order chi connectivity index (χ0) is 16.7. The summed E-state index contributed by atoms with van der Waals surface area (Å²) in [5, 5.41) is 14.1. The van der Waals surface area contributed by atoms with Gasteiger partial charge < -0.3 is 15.4 Å². The predicted molar refractivity (Wildman–Crippen MR) is 90.6 cm³/mol. The van der Waals surface area contributed by atoms with Crippen LogP contribution in [0.2, 0.25) is 0 Å². The molecule has 118 valence electrons. The number of carboxylic acids is 1. The van der Waals surface area contributed by atoms with Gasteiger partial charge in [0.1, 0.15) is 11.5 Å². The van der Waals surface area contributed by atoms with Gasteiger partial charge in [0.15, 0.2) is 0 Å². The number of nitrogens with zero attached hydrogens (tertiary/aromatic N) is 3. The number of aromatic nitrogens is 4. The highest BCUT2D eigenvalue weighted by Crippen LogP contribution is 2.31. The van der Waals surface area contributed by atoms with Crippen molar-refractivity contribution in [3.63, 3.8) is 0 Å². The molecule has 0 fully saturated rings. The Bertz CT molecular complexity index is 1090. The third-order valence-corrected chi connectivity index (χ3v) is 3.76. The Kier molecular flexibility index (Phi) is 3.13. The lowest BCUT2D eigenvalue weighted by Gasteiger charge is -2.09. The zero-order valence-corrected chi connectivity index (χ0v) is 12.7. The molecule has 0 radical (unpaired) electrons. The van der Waals surface area contributed by atoms with Crippen LogP contribution in [0.5, 0.6) is 0 Å². The number of carbonyl (C=O) groups is 1. The van der Waals surface area contributed by atoms with Crippen molar-refractivity contribution >= 4 is 39.3 Å². The van der Waals surface area contributed by atoms with Crippen molar-refractivity contribution in [2.45, 2.75) is 6.92 Å². The number of fused-ring (bicyclic) bond motifs is 3. The number of anilines is 2. The van der Waals surface area contributed by atoms with Gasteiger partial charge in [0.2, 0.25) is 0 Å². The van der Waals surface area contributed by atoms with Gasteiger partial charge in [-0.2, -0.15) is 0 Å². The molecule has 0 aliphatic carbocycles. The molecule has 4 aromatic heterocycles. The molecule has 0 saturated heterocycles. The largest absolute Gasteiger partial charge is 0.477 e. The summed E-state index contributed by atoms with van der Waals surface area (Å²) in [6.45, 7) is 1.90. The van der Waals surface area contributed by atoms with Crippen LogP contribution in [0.1, 0.15) is 16.2 Å². The minimum Gasteiger partial charge on any atom is -0.477 e. The van der Waals surface area contributed by atoms with E-state index in [4.69, 9.17) is 0 Å². The van der Waals surface area contributed by atoms with Gasteiger partial charge >= 0.3 is 5.97 Å². The summed E-state index contributed by atoms with van der Waals surface area (Å²) in [7, 11) is 0. The van der Waals surface area contributed by atoms with Gasteiger partial charge in [-0.05, 0) is 31.2 Å². The van der Waals surface area contributed by atoms with E-state index in [1.54, 1.807) is 24.7 Å². The molecule has 0 unspecified atom stereocenters. The van der Waals surface area contributed by atoms with Crippen LogP contribution < -0.4 is 5.32 Å². The standard InChI is InChI=1S/C17H13N5O2/c1-9-6-10(2-5-19-9)20-16-12-7-13(17(23)24)21-15(12)11-3-4-18-8-14(11)22-16/h2-8,21H,1H3,(H,23,24)(H,19,20,22). The molecule has 0 bridgehead atoms. The van der Waals surface area contributed by atoms with Crippen LogP contribution in [0.3, 0.4) is 0 Å². The lowest BCUT2D eigenvalue weighted by atomic mass is 10.2. The van der Waals surface area contributed by atoms with Gasteiger partial charge in [-0.15, -0.1) is 0 Å². The first-order valence-corrected chi connectivity index (χ1v) is 7.31. The number of pyridine rings is 3. The normalized spacial score (nSPS) is 11.0. The molecule has 24 heavy (non-hydrogen) atoms. The van der Waals surface area contributed by atoms with E-state index in [2.05, 4.69) is 25.3 Å². The van der Waals surface area contributed by atoms with Crippen molar-refractivity contribution in [2.75, 3.05) is 5.32 Å². The van der Waals surface area contributed by atoms with E-state index in [1.807, 2.05) is 25.1 Å². The van der Waals surface area contributed by atoms with Crippen LogP contribution in [-0.2, 0) is 0 Å². The second-order valence-electron chi connectivity index (χ2n) is 5.44. The predicted octanol–water partition coefficient (Wildman–Crippen LogP) is 3.26. The fourth-order valence-corrected chi connectivity index (χ4v) is 2.69. The van der Waals surface area contributed by atoms with E-state index in [-0.39, 0.29) is 5.69 Å². The summed E-state index contributed by atoms with van der Waals surface area (Å²) in [5.74, 6) is -0.445. The van der Waals surface area contributed by atoms with Crippen molar-refractivity contribution in [2.24, 2.45) is 0 Å². The maximum atomic E-state index is 11.3. The lowest BCUT2D eigenvalue weighted by Crippen LogP contribution is -1.96. The van der Waals surface area contributed by atoms with Gasteiger partial charge in [-0.25, -0.2) is 9.78 Å². The molecule has 4 rings (SSSR count). The van der Waals surface area contributed by atoms with Gasteiger partial charge in [0.25, 0.3) is 0 Å². The lowest BCUT2D eigenvalue weighted by molar-refractivity contribution is 0.0691. The maximum absolute atomic E-state index is 11.3. The molecule has 0 amide bonds. The Labute approximate surface area is 136 Å². The van der Waals surface area contributed by atoms with Crippen molar-refractivity contribution < 1.29 is 9.90 Å². The summed E-state index contributed by atoms with van der Waals surface area (Å²) in [6.07, 6.45) is 5.01. The van der Waals surface area contributed by atoms with E-state index in [1.165, 1.54) is 0 Å². The van der Waals surface area contributed by atoms with E-state index in [9.17, 15) is 9.90 Å². The number of rotatable bonds is 3. The smallest absolute Gasteiger partial charge is 0.352 e. The number of aryl methyl sites for hydroxylation is 1. The van der Waals surface area contributed by atoms with Crippen molar-refractivity contribution in [3.05, 3.63) is 54.2 Å². The molecule has 0 saturated carbocycles. The van der Waals surface area contributed by atoms with Gasteiger partial charge in [-0.1, -0.05) is 0 Å². The molecule has 3 N–H and O–H groups in total. The van der Waals surface area contributed by atoms with Crippen molar-refractivity contribution in [3.8, 4) is 0 Å². The Morgan fingerprint density at radius 3 is 2.88 bits per heavy atom. The highest BCUT2D eigenvalue weighted by molar-refractivity contribution is 6.11. The first-order chi connectivity index (χ1) is 11.6. The van der Waals surface area contributed by atoms with Gasteiger partial charge in [-0.3, -0.25) is 9.97 Å². The second-order valence-corrected chi connectivity index (χ2v) is 5.44. The Balaban J connectivity index is 1.96. The van der Waals surface area contributed by atoms with E-state index in [0.29, 0.717) is 22.2 Å². The number of hydrogen-bond acceptors (Lipinski definition) is 5. The number of nitrogens with one attached hydrogen (secondary N) is 2. The topological polar surface area (TPSA) is 104 Å². The summed E-state index contributed by atoms with van der Waals surface area (Å²) >= 11 is 0. The molecule has 0 aliphatic rings. The van der Waals surface area contributed by atoms with Crippen molar-refractivity contribution in [1.82, 2.24) is 19.9 Å². The molecule has 0 spiro atoms. The SMILES string of the molecule is Cc1cc(Nc2nc3cnccc3c3[nH]c(C(=O)O)cc23)ccn1. The van der Waals surface area contributed by atoms with E-state index in [0.717, 1.165) is 16.8 Å². The van der Waals surface area contributed by atoms with Crippen LogP contribution >= 0.6 is 0 Å². The third-order valence-electron chi connectivity index (χ3n) is 3.76. The monoisotopic (exact) mass is 319 g/mol. The molecule has 4 aromatic rings. The Morgan fingerprint density at radius 1 is 1.21 bits per heavy atom. The molecular weight excluding hydrogens is 306 g/mol. The summed E-state index contributed by atoms with van der Waals surface area (Å²) in [4.78, 5) is 27.1. The first kappa shape index (κ1) is 14.1. The molecule has 4 heterocycles.